The van der Waals surface area contributed by atoms with E-state index in [1.807, 2.05) is 12.1 Å². The van der Waals surface area contributed by atoms with E-state index in [1.165, 1.54) is 58.8 Å². The van der Waals surface area contributed by atoms with Gasteiger partial charge in [0, 0.05) is 41.7 Å². The van der Waals surface area contributed by atoms with E-state index in [0.717, 1.165) is 23.3 Å². The zero-order valence-corrected chi connectivity index (χ0v) is 19.4. The van der Waals surface area contributed by atoms with Crippen LogP contribution in [0.1, 0.15) is 43.0 Å². The molecule has 0 amide bonds. The first-order valence-electron chi connectivity index (χ1n) is 11.1. The largest absolute Gasteiger partial charge is 0.378 e. The fourth-order valence-corrected chi connectivity index (χ4v) is 5.23. The van der Waals surface area contributed by atoms with E-state index < -0.39 is 0 Å². The number of carbonyl (C=O) groups is 1. The minimum Gasteiger partial charge on any atom is -0.378 e. The van der Waals surface area contributed by atoms with Gasteiger partial charge in [0.1, 0.15) is 6.29 Å². The van der Waals surface area contributed by atoms with Gasteiger partial charge >= 0.3 is 0 Å². The first-order valence-corrected chi connectivity index (χ1v) is 11.9. The van der Waals surface area contributed by atoms with Crippen LogP contribution in [0.15, 0.2) is 70.5 Å². The van der Waals surface area contributed by atoms with Gasteiger partial charge in [0.05, 0.1) is 11.4 Å². The highest BCUT2D eigenvalue weighted by Crippen LogP contribution is 2.49. The topological polar surface area (TPSA) is 23.6 Å². The van der Waals surface area contributed by atoms with E-state index in [2.05, 4.69) is 79.3 Å². The first kappa shape index (κ1) is 21.5. The van der Waals surface area contributed by atoms with Crippen molar-refractivity contribution in [3.63, 3.8) is 0 Å². The van der Waals surface area contributed by atoms with Crippen LogP contribution in [0, 0.1) is 0 Å². The van der Waals surface area contributed by atoms with Crippen LogP contribution >= 0.6 is 11.8 Å². The highest BCUT2D eigenvalue weighted by atomic mass is 32.2. The lowest BCUT2D eigenvalue weighted by Gasteiger charge is -2.33. The Morgan fingerprint density at radius 1 is 0.839 bits per heavy atom. The molecular formula is C27H30N2OS. The third kappa shape index (κ3) is 4.64. The van der Waals surface area contributed by atoms with Crippen LogP contribution in [0.4, 0.5) is 17.1 Å². The van der Waals surface area contributed by atoms with Gasteiger partial charge in [-0.2, -0.15) is 0 Å². The summed E-state index contributed by atoms with van der Waals surface area (Å²) < 4.78 is 0. The lowest BCUT2D eigenvalue weighted by molar-refractivity contribution is 0.112. The summed E-state index contributed by atoms with van der Waals surface area (Å²) in [5.74, 6) is 0. The molecular weight excluding hydrogens is 400 g/mol. The Hall–Kier alpha value is -2.72. The average Bonchev–Trinajstić information content (AvgIpc) is 2.80. The maximum Gasteiger partial charge on any atom is 0.150 e. The summed E-state index contributed by atoms with van der Waals surface area (Å²) >= 11 is 1.77. The molecule has 0 atom stereocenters. The molecule has 0 bridgehead atoms. The predicted molar refractivity (Wildman–Crippen MR) is 133 cm³/mol. The second-order valence-electron chi connectivity index (χ2n) is 8.28. The number of unbranched alkanes of at least 4 members (excludes halogenated alkanes) is 3. The van der Waals surface area contributed by atoms with Gasteiger partial charge in [-0.15, -0.1) is 0 Å². The number of nitrogens with zero attached hydrogens (tertiary/aromatic N) is 2. The lowest BCUT2D eigenvalue weighted by Crippen LogP contribution is -2.22. The number of benzene rings is 3. The molecule has 0 radical (unpaired) electrons. The summed E-state index contributed by atoms with van der Waals surface area (Å²) in [6.07, 6.45) is 5.86. The van der Waals surface area contributed by atoms with Gasteiger partial charge in [0.2, 0.25) is 0 Å². The molecule has 0 saturated heterocycles. The van der Waals surface area contributed by atoms with Gasteiger partial charge in [0.15, 0.2) is 0 Å². The molecule has 0 saturated carbocycles. The lowest BCUT2D eigenvalue weighted by atomic mass is 10.0. The Morgan fingerprint density at radius 2 is 1.52 bits per heavy atom. The van der Waals surface area contributed by atoms with Crippen LogP contribution in [0.5, 0.6) is 0 Å². The summed E-state index contributed by atoms with van der Waals surface area (Å²) in [5, 5.41) is 0. The Labute approximate surface area is 190 Å². The van der Waals surface area contributed by atoms with Crippen molar-refractivity contribution < 1.29 is 4.79 Å². The van der Waals surface area contributed by atoms with E-state index >= 15 is 0 Å². The van der Waals surface area contributed by atoms with Crippen LogP contribution in [-0.2, 0) is 0 Å². The van der Waals surface area contributed by atoms with Gasteiger partial charge in [-0.25, -0.2) is 0 Å². The van der Waals surface area contributed by atoms with Crippen LogP contribution in [-0.4, -0.2) is 26.9 Å². The Morgan fingerprint density at radius 3 is 2.19 bits per heavy atom. The first-order chi connectivity index (χ1) is 15.1. The molecule has 31 heavy (non-hydrogen) atoms. The zero-order chi connectivity index (χ0) is 21.8. The van der Waals surface area contributed by atoms with Gasteiger partial charge < -0.3 is 9.80 Å². The zero-order valence-electron chi connectivity index (χ0n) is 18.6. The fraction of sp³-hybridized carbons (Fsp3) is 0.296. The second-order valence-corrected chi connectivity index (χ2v) is 9.37. The van der Waals surface area contributed by atoms with E-state index in [9.17, 15) is 4.79 Å². The highest BCUT2D eigenvalue weighted by molar-refractivity contribution is 7.99. The van der Waals surface area contributed by atoms with Crippen molar-refractivity contribution >= 4 is 35.1 Å². The number of anilines is 3. The number of hydrogen-bond donors (Lipinski definition) is 0. The number of fused-ring (bicyclic) bond motifs is 2. The number of hydrogen-bond acceptors (Lipinski definition) is 4. The number of carbonyl (C=O) groups excluding carboxylic acids is 1. The summed E-state index contributed by atoms with van der Waals surface area (Å²) in [6.45, 7) is 3.24. The molecule has 4 rings (SSSR count). The van der Waals surface area contributed by atoms with E-state index in [1.54, 1.807) is 11.8 Å². The molecule has 160 valence electrons. The smallest absolute Gasteiger partial charge is 0.150 e. The summed E-state index contributed by atoms with van der Waals surface area (Å²) in [6, 6.07) is 21.5. The highest BCUT2D eigenvalue weighted by Gasteiger charge is 2.24. The molecule has 3 nitrogen and oxygen atoms in total. The molecule has 0 aliphatic carbocycles. The Balaban J connectivity index is 1.68. The van der Waals surface area contributed by atoms with Crippen LogP contribution in [0.3, 0.4) is 0 Å². The third-order valence-electron chi connectivity index (χ3n) is 5.83. The van der Waals surface area contributed by atoms with Gasteiger partial charge in [0.25, 0.3) is 0 Å². The van der Waals surface area contributed by atoms with Crippen molar-refractivity contribution in [2.75, 3.05) is 30.4 Å². The number of aldehydes is 1. The monoisotopic (exact) mass is 430 g/mol. The molecule has 1 aliphatic heterocycles. The molecule has 1 aliphatic rings. The van der Waals surface area contributed by atoms with Gasteiger partial charge in [-0.05, 0) is 60.0 Å². The molecule has 3 aromatic carbocycles. The van der Waals surface area contributed by atoms with Crippen molar-refractivity contribution in [1.29, 1.82) is 0 Å². The Bertz CT molecular complexity index is 1060. The molecule has 0 spiro atoms. The minimum atomic E-state index is 0.732. The van der Waals surface area contributed by atoms with Crippen LogP contribution in [0.25, 0.3) is 11.1 Å². The summed E-state index contributed by atoms with van der Waals surface area (Å²) in [5.41, 5.74) is 6.85. The maximum atomic E-state index is 11.4. The minimum absolute atomic E-state index is 0.732. The SMILES string of the molecule is CCCCCCN1c2ccc(C=O)cc2Sc2cc(-c3ccc(N(C)C)cc3)ccc21. The average molecular weight is 431 g/mol. The van der Waals surface area contributed by atoms with Crippen molar-refractivity contribution in [1.82, 2.24) is 0 Å². The van der Waals surface area contributed by atoms with Crippen LogP contribution < -0.4 is 9.80 Å². The predicted octanol–water partition coefficient (Wildman–Crippen LogP) is 7.42. The quantitative estimate of drug-likeness (QED) is 0.274. The van der Waals surface area contributed by atoms with Crippen molar-refractivity contribution in [2.45, 2.75) is 42.4 Å². The Kier molecular flexibility index (Phi) is 6.67. The van der Waals surface area contributed by atoms with E-state index in [-0.39, 0.29) is 0 Å². The molecule has 0 aromatic heterocycles. The van der Waals surface area contributed by atoms with Crippen molar-refractivity contribution in [3.8, 4) is 11.1 Å². The third-order valence-corrected chi connectivity index (χ3v) is 6.93. The van der Waals surface area contributed by atoms with E-state index in [0.29, 0.717) is 0 Å². The molecule has 3 aromatic rings. The molecule has 0 unspecified atom stereocenters. The van der Waals surface area contributed by atoms with E-state index in [4.69, 9.17) is 0 Å². The van der Waals surface area contributed by atoms with Crippen molar-refractivity contribution in [3.05, 3.63) is 66.2 Å². The molecule has 1 heterocycles. The number of rotatable bonds is 8. The van der Waals surface area contributed by atoms with Gasteiger partial charge in [-0.1, -0.05) is 56.1 Å². The maximum absolute atomic E-state index is 11.4. The van der Waals surface area contributed by atoms with Crippen LogP contribution in [0.2, 0.25) is 0 Å². The van der Waals surface area contributed by atoms with Crippen molar-refractivity contribution in [2.24, 2.45) is 0 Å². The second kappa shape index (κ2) is 9.61. The molecule has 4 heteroatoms. The summed E-state index contributed by atoms with van der Waals surface area (Å²) in [4.78, 5) is 18.3. The molecule has 0 fully saturated rings. The summed E-state index contributed by atoms with van der Waals surface area (Å²) in [7, 11) is 4.12. The molecule has 0 N–H and O–H groups in total. The van der Waals surface area contributed by atoms with Gasteiger partial charge in [-0.3, -0.25) is 4.79 Å². The fourth-order valence-electron chi connectivity index (χ4n) is 4.05. The normalized spacial score (nSPS) is 12.3. The standard InChI is InChI=1S/C27H30N2OS/c1-4-5-6-7-16-29-24-14-8-20(19-30)17-26(24)31-27-18-22(11-15-25(27)29)21-9-12-23(13-10-21)28(2)3/h8-15,17-19H,4-7,16H2,1-3H3.